The lowest BCUT2D eigenvalue weighted by Crippen LogP contribution is -2.74. The Morgan fingerprint density at radius 2 is 1.58 bits per heavy atom. The van der Waals surface area contributed by atoms with Crippen molar-refractivity contribution >= 4 is 17.9 Å². The summed E-state index contributed by atoms with van der Waals surface area (Å²) < 4.78 is 18.1. The van der Waals surface area contributed by atoms with E-state index in [4.69, 9.17) is 14.2 Å². The lowest BCUT2D eigenvalue weighted by atomic mass is 9.72. The summed E-state index contributed by atoms with van der Waals surface area (Å²) in [6, 6.07) is 25.3. The van der Waals surface area contributed by atoms with Crippen molar-refractivity contribution in [2.45, 2.75) is 65.0 Å². The Labute approximate surface area is 253 Å². The first-order valence-corrected chi connectivity index (χ1v) is 14.7. The molecule has 1 fully saturated rings. The van der Waals surface area contributed by atoms with Gasteiger partial charge in [-0.1, -0.05) is 98.8 Å². The van der Waals surface area contributed by atoms with Crippen LogP contribution in [0.2, 0.25) is 0 Å². The highest BCUT2D eigenvalue weighted by atomic mass is 16.5. The second-order valence-corrected chi connectivity index (χ2v) is 10.5. The van der Waals surface area contributed by atoms with E-state index in [1.54, 1.807) is 24.3 Å². The summed E-state index contributed by atoms with van der Waals surface area (Å²) in [6.07, 6.45) is 1.98. The summed E-state index contributed by atoms with van der Waals surface area (Å²) in [5.41, 5.74) is 0.0861. The molecule has 2 atom stereocenters. The van der Waals surface area contributed by atoms with E-state index in [2.05, 4.69) is 11.9 Å². The first-order valence-electron chi connectivity index (χ1n) is 14.7. The van der Waals surface area contributed by atoms with Crippen LogP contribution in [-0.2, 0) is 37.8 Å². The van der Waals surface area contributed by atoms with Gasteiger partial charge in [-0.25, -0.2) is 9.69 Å². The van der Waals surface area contributed by atoms with Crippen molar-refractivity contribution in [3.05, 3.63) is 114 Å². The summed E-state index contributed by atoms with van der Waals surface area (Å²) >= 11 is 0. The summed E-state index contributed by atoms with van der Waals surface area (Å²) in [5, 5.41) is 2.98. The van der Waals surface area contributed by atoms with Gasteiger partial charge in [0.2, 0.25) is 5.91 Å². The van der Waals surface area contributed by atoms with Crippen molar-refractivity contribution < 1.29 is 28.6 Å². The maximum Gasteiger partial charge on any atom is 0.329 e. The highest BCUT2D eigenvalue weighted by molar-refractivity contribution is 6.03. The number of carbonyl (C=O) groups is 3. The van der Waals surface area contributed by atoms with Crippen LogP contribution < -0.4 is 10.1 Å². The van der Waals surface area contributed by atoms with Gasteiger partial charge in [0.05, 0.1) is 6.42 Å². The molecule has 1 saturated heterocycles. The number of urea groups is 1. The van der Waals surface area contributed by atoms with E-state index in [0.717, 1.165) is 16.0 Å². The average molecular weight is 585 g/mol. The molecule has 0 saturated carbocycles. The quantitative estimate of drug-likeness (QED) is 0.101. The molecule has 1 aliphatic rings. The predicted molar refractivity (Wildman–Crippen MR) is 164 cm³/mol. The van der Waals surface area contributed by atoms with Crippen LogP contribution in [0.25, 0.3) is 0 Å². The van der Waals surface area contributed by atoms with Gasteiger partial charge in [-0.15, -0.1) is 6.58 Å². The number of para-hydroxylation sites is 1. The standard InChI is InChI=1S/C35H40N2O6/c1-5-23-35(42-8-4,28-20-13-10-14-21-28)36-33(40)37-31(39)34(6-2,7-3)32(37)43-29-22-16-15-19-27(29)24-30(38)41-25-26-17-11-9-12-18-26/h5,9-22,32H,1,6-8,23-25H2,2-4H3,(H,36,40)/t32-,35+/m0/s1. The topological polar surface area (TPSA) is 94.2 Å². The van der Waals surface area contributed by atoms with E-state index in [1.807, 2.05) is 87.5 Å². The van der Waals surface area contributed by atoms with E-state index in [0.29, 0.717) is 30.8 Å². The van der Waals surface area contributed by atoms with Crippen molar-refractivity contribution in [1.82, 2.24) is 10.2 Å². The van der Waals surface area contributed by atoms with Crippen LogP contribution in [0.4, 0.5) is 4.79 Å². The van der Waals surface area contributed by atoms with Gasteiger partial charge in [0, 0.05) is 24.2 Å². The number of hydrogen-bond acceptors (Lipinski definition) is 6. The minimum Gasteiger partial charge on any atom is -0.468 e. The zero-order valence-corrected chi connectivity index (χ0v) is 25.1. The summed E-state index contributed by atoms with van der Waals surface area (Å²) in [5.74, 6) is -0.326. The number of likely N-dealkylation sites (tertiary alicyclic amines) is 1. The lowest BCUT2D eigenvalue weighted by molar-refractivity contribution is -0.192. The Balaban J connectivity index is 1.58. The molecule has 226 valence electrons. The number of carbonyl (C=O) groups excluding carboxylic acids is 3. The van der Waals surface area contributed by atoms with Crippen molar-refractivity contribution in [2.24, 2.45) is 5.41 Å². The fourth-order valence-electron chi connectivity index (χ4n) is 5.54. The number of benzene rings is 3. The fourth-order valence-corrected chi connectivity index (χ4v) is 5.54. The molecule has 0 aliphatic carbocycles. The Morgan fingerprint density at radius 1 is 0.953 bits per heavy atom. The first kappa shape index (κ1) is 31.5. The molecular weight excluding hydrogens is 544 g/mol. The number of rotatable bonds is 14. The van der Waals surface area contributed by atoms with Crippen LogP contribution >= 0.6 is 0 Å². The van der Waals surface area contributed by atoms with Crippen molar-refractivity contribution in [1.29, 1.82) is 0 Å². The summed E-state index contributed by atoms with van der Waals surface area (Å²) in [4.78, 5) is 41.4. The molecule has 1 aliphatic heterocycles. The Kier molecular flexibility index (Phi) is 10.4. The summed E-state index contributed by atoms with van der Waals surface area (Å²) in [7, 11) is 0. The van der Waals surface area contributed by atoms with Crippen LogP contribution in [0.1, 0.15) is 56.7 Å². The van der Waals surface area contributed by atoms with E-state index in [9.17, 15) is 14.4 Å². The Morgan fingerprint density at radius 3 is 2.21 bits per heavy atom. The molecule has 4 rings (SSSR count). The molecule has 3 aromatic rings. The molecule has 0 bridgehead atoms. The van der Waals surface area contributed by atoms with Gasteiger partial charge in [-0.2, -0.15) is 0 Å². The van der Waals surface area contributed by atoms with E-state index in [-0.39, 0.29) is 25.4 Å². The van der Waals surface area contributed by atoms with Crippen LogP contribution in [0.15, 0.2) is 97.6 Å². The number of β-lactam (4-membered cyclic amide) rings is 1. The molecule has 3 amide bonds. The predicted octanol–water partition coefficient (Wildman–Crippen LogP) is 6.50. The minimum absolute atomic E-state index is 0.0259. The SMILES string of the molecule is C=CC[C@@](NC(=O)N1C(=O)C(CC)(CC)[C@@H]1Oc1ccccc1CC(=O)OCc1ccccc1)(OCC)c1ccccc1. The molecule has 0 aromatic heterocycles. The largest absolute Gasteiger partial charge is 0.468 e. The number of nitrogens with one attached hydrogen (secondary N) is 1. The molecule has 0 unspecified atom stereocenters. The molecule has 1 heterocycles. The molecule has 0 spiro atoms. The Bertz CT molecular complexity index is 1410. The van der Waals surface area contributed by atoms with Gasteiger partial charge >= 0.3 is 12.0 Å². The second-order valence-electron chi connectivity index (χ2n) is 10.5. The van der Waals surface area contributed by atoms with Gasteiger partial charge in [-0.3, -0.25) is 9.59 Å². The Hall–Kier alpha value is -4.43. The summed E-state index contributed by atoms with van der Waals surface area (Å²) in [6.45, 7) is 10.0. The third kappa shape index (κ3) is 6.65. The first-order chi connectivity index (χ1) is 20.8. The van der Waals surface area contributed by atoms with Crippen LogP contribution in [0, 0.1) is 5.41 Å². The number of esters is 1. The number of nitrogens with zero attached hydrogens (tertiary/aromatic N) is 1. The van der Waals surface area contributed by atoms with Crippen LogP contribution in [-0.4, -0.2) is 35.6 Å². The third-order valence-electron chi connectivity index (χ3n) is 7.99. The molecular formula is C35H40N2O6. The minimum atomic E-state index is -1.23. The molecule has 0 radical (unpaired) electrons. The highest BCUT2D eigenvalue weighted by Gasteiger charge is 2.63. The van der Waals surface area contributed by atoms with Crippen LogP contribution in [0.5, 0.6) is 5.75 Å². The molecule has 43 heavy (non-hydrogen) atoms. The zero-order valence-electron chi connectivity index (χ0n) is 25.1. The van der Waals surface area contributed by atoms with E-state index < -0.39 is 29.4 Å². The number of imide groups is 1. The van der Waals surface area contributed by atoms with E-state index in [1.165, 1.54) is 0 Å². The monoisotopic (exact) mass is 584 g/mol. The van der Waals surface area contributed by atoms with Gasteiger partial charge in [0.15, 0.2) is 12.0 Å². The normalized spacial score (nSPS) is 16.9. The smallest absolute Gasteiger partial charge is 0.329 e. The number of hydrogen-bond donors (Lipinski definition) is 1. The van der Waals surface area contributed by atoms with Crippen LogP contribution in [0.3, 0.4) is 0 Å². The van der Waals surface area contributed by atoms with Gasteiger partial charge < -0.3 is 19.5 Å². The van der Waals surface area contributed by atoms with Gasteiger partial charge in [0.25, 0.3) is 0 Å². The lowest BCUT2D eigenvalue weighted by Gasteiger charge is -2.54. The second kappa shape index (κ2) is 14.2. The van der Waals surface area contributed by atoms with E-state index >= 15 is 0 Å². The molecule has 1 N–H and O–H groups in total. The van der Waals surface area contributed by atoms with Gasteiger partial charge in [0.1, 0.15) is 17.8 Å². The average Bonchev–Trinajstić information content (AvgIpc) is 3.02. The fraction of sp³-hybridized carbons (Fsp3) is 0.343. The van der Waals surface area contributed by atoms with Crippen molar-refractivity contribution in [3.8, 4) is 5.75 Å². The highest BCUT2D eigenvalue weighted by Crippen LogP contribution is 2.47. The third-order valence-corrected chi connectivity index (χ3v) is 7.99. The zero-order chi connectivity index (χ0) is 30.9. The van der Waals surface area contributed by atoms with Crippen molar-refractivity contribution in [3.63, 3.8) is 0 Å². The van der Waals surface area contributed by atoms with Gasteiger partial charge in [-0.05, 0) is 31.4 Å². The molecule has 3 aromatic carbocycles. The number of amides is 3. The molecule has 8 heteroatoms. The van der Waals surface area contributed by atoms with Crippen molar-refractivity contribution in [2.75, 3.05) is 6.61 Å². The molecule has 8 nitrogen and oxygen atoms in total. The number of ether oxygens (including phenoxy) is 3. The maximum atomic E-state index is 13.9. The maximum absolute atomic E-state index is 13.9.